The van der Waals surface area contributed by atoms with E-state index in [1.807, 2.05) is 18.2 Å². The van der Waals surface area contributed by atoms with E-state index >= 15 is 0 Å². The van der Waals surface area contributed by atoms with Gasteiger partial charge in [-0.2, -0.15) is 0 Å². The number of anilines is 1. The molecule has 0 bridgehead atoms. The Balaban J connectivity index is 1.70. The summed E-state index contributed by atoms with van der Waals surface area (Å²) in [5, 5.41) is 2.81. The number of nitrogens with zero attached hydrogens (tertiary/aromatic N) is 1. The maximum absolute atomic E-state index is 12.4. The van der Waals surface area contributed by atoms with E-state index in [9.17, 15) is 9.59 Å². The maximum atomic E-state index is 12.4. The van der Waals surface area contributed by atoms with Crippen LogP contribution in [0.4, 0.5) is 5.69 Å². The Kier molecular flexibility index (Phi) is 4.91. The first-order chi connectivity index (χ1) is 11.6. The normalized spacial score (nSPS) is 14.5. The summed E-state index contributed by atoms with van der Waals surface area (Å²) in [5.74, 6) is -0.710. The van der Waals surface area contributed by atoms with Crippen molar-refractivity contribution in [2.24, 2.45) is 5.73 Å². The minimum absolute atomic E-state index is 0.195. The number of hydrogen-bond acceptors (Lipinski definition) is 3. The number of carbonyl (C=O) groups excluding carboxylic acids is 2. The molecule has 124 valence electrons. The number of amides is 2. The van der Waals surface area contributed by atoms with Gasteiger partial charge in [-0.3, -0.25) is 14.5 Å². The summed E-state index contributed by atoms with van der Waals surface area (Å²) in [5.41, 5.74) is 7.94. The number of rotatable bonds is 5. The number of hydrogen-bond donors (Lipinski definition) is 2. The Morgan fingerprint density at radius 1 is 1.00 bits per heavy atom. The molecule has 2 aromatic rings. The van der Waals surface area contributed by atoms with Gasteiger partial charge in [-0.1, -0.05) is 18.2 Å². The van der Waals surface area contributed by atoms with E-state index in [0.717, 1.165) is 25.2 Å². The van der Waals surface area contributed by atoms with Gasteiger partial charge >= 0.3 is 0 Å². The monoisotopic (exact) mass is 323 g/mol. The van der Waals surface area contributed by atoms with Crippen LogP contribution in [0.3, 0.4) is 0 Å². The topological polar surface area (TPSA) is 75.4 Å². The summed E-state index contributed by atoms with van der Waals surface area (Å²) in [6.07, 6.45) is 2.49. The third-order valence-corrected chi connectivity index (χ3v) is 4.20. The van der Waals surface area contributed by atoms with E-state index in [4.69, 9.17) is 5.73 Å². The van der Waals surface area contributed by atoms with Crippen LogP contribution in [0.25, 0.3) is 0 Å². The van der Waals surface area contributed by atoms with Crippen molar-refractivity contribution in [1.82, 2.24) is 4.90 Å². The van der Waals surface area contributed by atoms with E-state index in [-0.39, 0.29) is 5.91 Å². The maximum Gasteiger partial charge on any atom is 0.255 e. The zero-order valence-corrected chi connectivity index (χ0v) is 13.5. The zero-order valence-electron chi connectivity index (χ0n) is 13.5. The van der Waals surface area contributed by atoms with Crippen LogP contribution < -0.4 is 11.1 Å². The molecule has 5 nitrogen and oxygen atoms in total. The molecule has 0 unspecified atom stereocenters. The van der Waals surface area contributed by atoms with Crippen LogP contribution in [-0.2, 0) is 6.54 Å². The summed E-state index contributed by atoms with van der Waals surface area (Å²) >= 11 is 0. The molecule has 0 saturated carbocycles. The average Bonchev–Trinajstić information content (AvgIpc) is 3.08. The van der Waals surface area contributed by atoms with Gasteiger partial charge in [0.05, 0.1) is 0 Å². The number of nitrogens with two attached hydrogens (primary N) is 1. The molecule has 24 heavy (non-hydrogen) atoms. The molecule has 0 aromatic heterocycles. The van der Waals surface area contributed by atoms with Crippen LogP contribution in [0.5, 0.6) is 0 Å². The lowest BCUT2D eigenvalue weighted by molar-refractivity contribution is 0.0996. The lowest BCUT2D eigenvalue weighted by Gasteiger charge is -2.15. The molecule has 3 N–H and O–H groups in total. The Bertz CT molecular complexity index is 752. The summed E-state index contributed by atoms with van der Waals surface area (Å²) in [7, 11) is 0. The number of nitrogens with one attached hydrogen (secondary N) is 1. The lowest BCUT2D eigenvalue weighted by atomic mass is 10.1. The van der Waals surface area contributed by atoms with E-state index < -0.39 is 5.91 Å². The van der Waals surface area contributed by atoms with Gasteiger partial charge in [-0.25, -0.2) is 0 Å². The minimum Gasteiger partial charge on any atom is -0.366 e. The second-order valence-corrected chi connectivity index (χ2v) is 6.08. The fraction of sp³-hybridized carbons (Fsp3) is 0.263. The van der Waals surface area contributed by atoms with E-state index in [2.05, 4.69) is 10.2 Å². The molecule has 0 aliphatic carbocycles. The number of carbonyl (C=O) groups is 2. The zero-order chi connectivity index (χ0) is 16.9. The highest BCUT2D eigenvalue weighted by Crippen LogP contribution is 2.16. The number of likely N-dealkylation sites (tertiary alicyclic amines) is 1. The van der Waals surface area contributed by atoms with Crippen molar-refractivity contribution in [3.63, 3.8) is 0 Å². The van der Waals surface area contributed by atoms with Crippen molar-refractivity contribution < 1.29 is 9.59 Å². The molecule has 2 aromatic carbocycles. The van der Waals surface area contributed by atoms with Crippen molar-refractivity contribution in [2.45, 2.75) is 19.4 Å². The first-order valence-electron chi connectivity index (χ1n) is 8.14. The Morgan fingerprint density at radius 3 is 2.46 bits per heavy atom. The van der Waals surface area contributed by atoms with Gasteiger partial charge in [-0.15, -0.1) is 0 Å². The molecule has 2 amide bonds. The molecule has 0 spiro atoms. The van der Waals surface area contributed by atoms with Crippen LogP contribution in [0.1, 0.15) is 39.1 Å². The average molecular weight is 323 g/mol. The summed E-state index contributed by atoms with van der Waals surface area (Å²) in [4.78, 5) is 26.1. The second-order valence-electron chi connectivity index (χ2n) is 6.08. The largest absolute Gasteiger partial charge is 0.366 e. The van der Waals surface area contributed by atoms with Gasteiger partial charge < -0.3 is 11.1 Å². The Morgan fingerprint density at radius 2 is 1.71 bits per heavy atom. The Hall–Kier alpha value is -2.66. The highest BCUT2D eigenvalue weighted by Gasteiger charge is 2.13. The van der Waals surface area contributed by atoms with Gasteiger partial charge in [-0.05, 0) is 61.8 Å². The number of primary amides is 1. The predicted octanol–water partition coefficient (Wildman–Crippen LogP) is 2.63. The quantitative estimate of drug-likeness (QED) is 0.888. The fourth-order valence-corrected chi connectivity index (χ4v) is 2.96. The molecule has 0 radical (unpaired) electrons. The molecular weight excluding hydrogens is 302 g/mol. The van der Waals surface area contributed by atoms with Crippen LogP contribution in [-0.4, -0.2) is 29.8 Å². The van der Waals surface area contributed by atoms with Gasteiger partial charge in [0.15, 0.2) is 0 Å². The van der Waals surface area contributed by atoms with Crippen molar-refractivity contribution in [1.29, 1.82) is 0 Å². The number of benzene rings is 2. The van der Waals surface area contributed by atoms with Crippen molar-refractivity contribution in [3.8, 4) is 0 Å². The standard InChI is InChI=1S/C19H21N3O2/c20-18(23)15-6-4-8-17(12-15)21-19(24)16-7-3-5-14(11-16)13-22-9-1-2-10-22/h3-8,11-12H,1-2,9-10,13H2,(H2,20,23)(H,21,24). The van der Waals surface area contributed by atoms with Gasteiger partial charge in [0.2, 0.25) is 5.91 Å². The molecule has 1 fully saturated rings. The highest BCUT2D eigenvalue weighted by atomic mass is 16.2. The smallest absolute Gasteiger partial charge is 0.255 e. The second kappa shape index (κ2) is 7.27. The lowest BCUT2D eigenvalue weighted by Crippen LogP contribution is -2.19. The van der Waals surface area contributed by atoms with E-state index in [0.29, 0.717) is 16.8 Å². The Labute approximate surface area is 141 Å². The first-order valence-corrected chi connectivity index (χ1v) is 8.14. The van der Waals surface area contributed by atoms with E-state index in [1.54, 1.807) is 30.3 Å². The molecule has 3 rings (SSSR count). The molecular formula is C19H21N3O2. The summed E-state index contributed by atoms with van der Waals surface area (Å²) in [6, 6.07) is 14.3. The van der Waals surface area contributed by atoms with Gasteiger partial charge in [0.25, 0.3) is 5.91 Å². The molecule has 5 heteroatoms. The van der Waals surface area contributed by atoms with Crippen molar-refractivity contribution in [2.75, 3.05) is 18.4 Å². The fourth-order valence-electron chi connectivity index (χ4n) is 2.96. The first kappa shape index (κ1) is 16.2. The van der Waals surface area contributed by atoms with Crippen LogP contribution >= 0.6 is 0 Å². The SMILES string of the molecule is NC(=O)c1cccc(NC(=O)c2cccc(CN3CCCC3)c2)c1. The van der Waals surface area contributed by atoms with Crippen LogP contribution in [0.2, 0.25) is 0 Å². The third-order valence-electron chi connectivity index (χ3n) is 4.20. The molecule has 1 aliphatic rings. The minimum atomic E-state index is -0.515. The van der Waals surface area contributed by atoms with Gasteiger partial charge in [0, 0.05) is 23.4 Å². The molecule has 0 atom stereocenters. The van der Waals surface area contributed by atoms with Crippen molar-refractivity contribution >= 4 is 17.5 Å². The highest BCUT2D eigenvalue weighted by molar-refractivity contribution is 6.05. The van der Waals surface area contributed by atoms with E-state index in [1.165, 1.54) is 12.8 Å². The molecule has 1 heterocycles. The third kappa shape index (κ3) is 4.00. The van der Waals surface area contributed by atoms with Crippen LogP contribution in [0.15, 0.2) is 48.5 Å². The molecule has 1 saturated heterocycles. The van der Waals surface area contributed by atoms with Gasteiger partial charge in [0.1, 0.15) is 0 Å². The van der Waals surface area contributed by atoms with Crippen LogP contribution in [0, 0.1) is 0 Å². The summed E-state index contributed by atoms with van der Waals surface area (Å²) < 4.78 is 0. The predicted molar refractivity (Wildman–Crippen MR) is 93.9 cm³/mol. The molecule has 1 aliphatic heterocycles. The van der Waals surface area contributed by atoms with Crippen molar-refractivity contribution in [3.05, 3.63) is 65.2 Å². The summed E-state index contributed by atoms with van der Waals surface area (Å²) in [6.45, 7) is 3.12.